The van der Waals surface area contributed by atoms with E-state index in [2.05, 4.69) is 0 Å². The molecule has 17 heavy (non-hydrogen) atoms. The average Bonchev–Trinajstić information content (AvgIpc) is 2.21. The van der Waals surface area contributed by atoms with Gasteiger partial charge in [0.05, 0.1) is 0 Å². The first-order valence-electron chi connectivity index (χ1n) is 5.02. The molecular weight excluding hydrogens is 230 g/mol. The average molecular weight is 244 g/mol. The number of carboxylic acids is 1. The van der Waals surface area contributed by atoms with E-state index in [4.69, 9.17) is 5.11 Å². The number of alkyl halides is 2. The fraction of sp³-hybridized carbons (Fsp3) is 0.417. The highest BCUT2D eigenvalue weighted by Gasteiger charge is 2.57. The molecule has 1 atom stereocenters. The van der Waals surface area contributed by atoms with Crippen molar-refractivity contribution in [3.63, 3.8) is 0 Å². The number of carbonyl (C=O) groups is 1. The van der Waals surface area contributed by atoms with Gasteiger partial charge in [0.15, 0.2) is 5.60 Å². The molecule has 1 aromatic rings. The summed E-state index contributed by atoms with van der Waals surface area (Å²) in [5.74, 6) is -6.59. The lowest BCUT2D eigenvalue weighted by Gasteiger charge is -2.31. The molecular formula is C12H14F2O3. The van der Waals surface area contributed by atoms with Crippen molar-refractivity contribution >= 4 is 5.97 Å². The van der Waals surface area contributed by atoms with Gasteiger partial charge < -0.3 is 10.2 Å². The van der Waals surface area contributed by atoms with Crippen molar-refractivity contribution in [2.75, 3.05) is 0 Å². The second-order valence-corrected chi connectivity index (χ2v) is 4.27. The molecule has 0 aliphatic carbocycles. The number of aryl methyl sites for hydroxylation is 2. The first-order chi connectivity index (χ1) is 7.60. The zero-order valence-electron chi connectivity index (χ0n) is 9.79. The summed E-state index contributed by atoms with van der Waals surface area (Å²) in [6.07, 6.45) is 0. The molecule has 1 unspecified atom stereocenters. The molecule has 0 bridgehead atoms. The van der Waals surface area contributed by atoms with Gasteiger partial charge in [0.1, 0.15) is 0 Å². The highest BCUT2D eigenvalue weighted by atomic mass is 19.3. The third-order valence-corrected chi connectivity index (χ3v) is 2.80. The van der Waals surface area contributed by atoms with Crippen molar-refractivity contribution < 1.29 is 23.8 Å². The minimum atomic E-state index is -4.24. The fourth-order valence-electron chi connectivity index (χ4n) is 1.64. The first-order valence-corrected chi connectivity index (χ1v) is 5.02. The summed E-state index contributed by atoms with van der Waals surface area (Å²) in [4.78, 5) is 10.5. The molecule has 0 radical (unpaired) electrons. The molecule has 0 spiro atoms. The zero-order valence-corrected chi connectivity index (χ0v) is 9.79. The number of carboxylic acid groups (broad SMARTS) is 1. The first kappa shape index (κ1) is 13.6. The molecule has 0 aliphatic heterocycles. The number of aliphatic hydroxyl groups is 1. The van der Waals surface area contributed by atoms with Gasteiger partial charge in [-0.25, -0.2) is 4.79 Å². The summed E-state index contributed by atoms with van der Waals surface area (Å²) in [6, 6.07) is 4.64. The molecule has 0 aliphatic rings. The standard InChI is InChI=1S/C12H14F2O3/c1-7-4-5-8(2)9(6-7)11(3,17)12(13,14)10(15)16/h4-6,17H,1-3H3,(H,15,16). The number of rotatable bonds is 3. The summed E-state index contributed by atoms with van der Waals surface area (Å²) in [7, 11) is 0. The molecule has 0 fully saturated rings. The molecule has 0 heterocycles. The molecule has 3 nitrogen and oxygen atoms in total. The third kappa shape index (κ3) is 2.15. The number of hydrogen-bond acceptors (Lipinski definition) is 2. The number of aliphatic carboxylic acids is 1. The van der Waals surface area contributed by atoms with E-state index in [-0.39, 0.29) is 5.56 Å². The van der Waals surface area contributed by atoms with Gasteiger partial charge >= 0.3 is 11.9 Å². The van der Waals surface area contributed by atoms with Crippen LogP contribution in [0.3, 0.4) is 0 Å². The van der Waals surface area contributed by atoms with Gasteiger partial charge in [0.25, 0.3) is 0 Å². The van der Waals surface area contributed by atoms with Crippen LogP contribution in [0.5, 0.6) is 0 Å². The Morgan fingerprint density at radius 3 is 2.29 bits per heavy atom. The number of benzene rings is 1. The Kier molecular flexibility index (Phi) is 3.25. The number of halogens is 2. The van der Waals surface area contributed by atoms with E-state index in [1.54, 1.807) is 26.0 Å². The SMILES string of the molecule is Cc1ccc(C)c(C(C)(O)C(F)(F)C(=O)O)c1. The molecule has 0 saturated carbocycles. The summed E-state index contributed by atoms with van der Waals surface area (Å²) >= 11 is 0. The molecule has 5 heteroatoms. The van der Waals surface area contributed by atoms with Gasteiger partial charge in [-0.3, -0.25) is 0 Å². The van der Waals surface area contributed by atoms with Crippen LogP contribution in [0.25, 0.3) is 0 Å². The molecule has 2 N–H and O–H groups in total. The van der Waals surface area contributed by atoms with Crippen molar-refractivity contribution in [2.24, 2.45) is 0 Å². The predicted molar refractivity (Wildman–Crippen MR) is 58.1 cm³/mol. The zero-order chi connectivity index (χ0) is 13.4. The van der Waals surface area contributed by atoms with E-state index >= 15 is 0 Å². The highest BCUT2D eigenvalue weighted by molar-refractivity contribution is 5.77. The lowest BCUT2D eigenvalue weighted by molar-refractivity contribution is -0.207. The smallest absolute Gasteiger partial charge is 0.378 e. The van der Waals surface area contributed by atoms with Crippen LogP contribution in [0.1, 0.15) is 23.6 Å². The van der Waals surface area contributed by atoms with Crippen molar-refractivity contribution in [3.8, 4) is 0 Å². The Morgan fingerprint density at radius 2 is 1.82 bits per heavy atom. The van der Waals surface area contributed by atoms with E-state index in [0.29, 0.717) is 11.1 Å². The van der Waals surface area contributed by atoms with Crippen LogP contribution in [0, 0.1) is 13.8 Å². The topological polar surface area (TPSA) is 57.5 Å². The second-order valence-electron chi connectivity index (χ2n) is 4.27. The van der Waals surface area contributed by atoms with Gasteiger partial charge in [-0.1, -0.05) is 23.8 Å². The van der Waals surface area contributed by atoms with Crippen molar-refractivity contribution in [2.45, 2.75) is 32.3 Å². The Labute approximate surface area is 97.7 Å². The largest absolute Gasteiger partial charge is 0.477 e. The second kappa shape index (κ2) is 4.07. The lowest BCUT2D eigenvalue weighted by Crippen LogP contribution is -2.49. The number of hydrogen-bond donors (Lipinski definition) is 2. The van der Waals surface area contributed by atoms with Crippen LogP contribution in [-0.2, 0) is 10.4 Å². The lowest BCUT2D eigenvalue weighted by atomic mass is 9.85. The van der Waals surface area contributed by atoms with Gasteiger partial charge in [-0.15, -0.1) is 0 Å². The van der Waals surface area contributed by atoms with Crippen LogP contribution in [0.2, 0.25) is 0 Å². The van der Waals surface area contributed by atoms with E-state index in [0.717, 1.165) is 6.92 Å². The molecule has 0 amide bonds. The maximum absolute atomic E-state index is 13.5. The fourth-order valence-corrected chi connectivity index (χ4v) is 1.64. The minimum absolute atomic E-state index is 0.0788. The van der Waals surface area contributed by atoms with E-state index in [1.807, 2.05) is 0 Å². The molecule has 1 aromatic carbocycles. The molecule has 94 valence electrons. The van der Waals surface area contributed by atoms with E-state index in [1.165, 1.54) is 6.07 Å². The highest BCUT2D eigenvalue weighted by Crippen LogP contribution is 2.39. The maximum atomic E-state index is 13.5. The summed E-state index contributed by atoms with van der Waals surface area (Å²) < 4.78 is 26.9. The van der Waals surface area contributed by atoms with Crippen LogP contribution >= 0.6 is 0 Å². The molecule has 1 rings (SSSR count). The van der Waals surface area contributed by atoms with Crippen molar-refractivity contribution in [1.29, 1.82) is 0 Å². The normalized spacial score (nSPS) is 15.4. The molecule has 0 aromatic heterocycles. The third-order valence-electron chi connectivity index (χ3n) is 2.80. The monoisotopic (exact) mass is 244 g/mol. The van der Waals surface area contributed by atoms with Gasteiger partial charge in [0.2, 0.25) is 0 Å². The quantitative estimate of drug-likeness (QED) is 0.857. The molecule has 0 saturated heterocycles. The Morgan fingerprint density at radius 1 is 1.29 bits per heavy atom. The maximum Gasteiger partial charge on any atom is 0.378 e. The van der Waals surface area contributed by atoms with Gasteiger partial charge in [-0.05, 0) is 31.9 Å². The Balaban J connectivity index is 3.40. The Hall–Kier alpha value is -1.49. The van der Waals surface area contributed by atoms with E-state index in [9.17, 15) is 18.7 Å². The summed E-state index contributed by atoms with van der Waals surface area (Å²) in [5.41, 5.74) is -1.73. The van der Waals surface area contributed by atoms with Crippen LogP contribution in [0.15, 0.2) is 18.2 Å². The van der Waals surface area contributed by atoms with Gasteiger partial charge in [-0.2, -0.15) is 8.78 Å². The predicted octanol–water partition coefficient (Wildman–Crippen LogP) is 2.23. The summed E-state index contributed by atoms with van der Waals surface area (Å²) in [5, 5.41) is 18.3. The minimum Gasteiger partial charge on any atom is -0.477 e. The van der Waals surface area contributed by atoms with Crippen molar-refractivity contribution in [3.05, 3.63) is 34.9 Å². The van der Waals surface area contributed by atoms with E-state index < -0.39 is 17.5 Å². The van der Waals surface area contributed by atoms with Crippen molar-refractivity contribution in [1.82, 2.24) is 0 Å². The van der Waals surface area contributed by atoms with Crippen LogP contribution in [0.4, 0.5) is 8.78 Å². The summed E-state index contributed by atoms with van der Waals surface area (Å²) in [6.45, 7) is 4.03. The van der Waals surface area contributed by atoms with Gasteiger partial charge in [0, 0.05) is 0 Å². The van der Waals surface area contributed by atoms with Crippen LogP contribution < -0.4 is 0 Å². The van der Waals surface area contributed by atoms with Crippen LogP contribution in [-0.4, -0.2) is 22.1 Å². The Bertz CT molecular complexity index is 453.